The van der Waals surface area contributed by atoms with Crippen molar-refractivity contribution in [2.24, 2.45) is 0 Å². The molecule has 0 amide bonds. The molecule has 0 aliphatic heterocycles. The number of fused-ring (bicyclic) bond motifs is 6. The maximum Gasteiger partial charge on any atom is 0.415 e. The predicted octanol–water partition coefficient (Wildman–Crippen LogP) is 19.2. The monoisotopic (exact) mass is 1010 g/mol. The summed E-state index contributed by atoms with van der Waals surface area (Å²) < 4.78 is 51.3. The highest BCUT2D eigenvalue weighted by atomic mass is 19.4. The van der Waals surface area contributed by atoms with E-state index in [-0.39, 0.29) is 28.2 Å². The summed E-state index contributed by atoms with van der Waals surface area (Å²) in [5, 5.41) is 24.8. The summed E-state index contributed by atoms with van der Waals surface area (Å²) in [5.41, 5.74) is 7.67. The Bertz CT molecular complexity index is 4590. The van der Waals surface area contributed by atoms with Crippen molar-refractivity contribution >= 4 is 66.4 Å². The van der Waals surface area contributed by atoms with Crippen molar-refractivity contribution in [2.45, 2.75) is 6.18 Å². The number of para-hydroxylation sites is 3. The van der Waals surface area contributed by atoms with Crippen molar-refractivity contribution in [3.05, 3.63) is 263 Å². The van der Waals surface area contributed by atoms with Crippen molar-refractivity contribution < 1.29 is 13.2 Å². The van der Waals surface area contributed by atoms with Crippen LogP contribution in [0.5, 0.6) is 0 Å². The van der Waals surface area contributed by atoms with Crippen molar-refractivity contribution in [1.29, 1.82) is 10.5 Å². The Morgan fingerprint density at radius 2 is 0.731 bits per heavy atom. The average molecular weight is 1010 g/mol. The maximum atomic E-state index is 15.9. The van der Waals surface area contributed by atoms with E-state index in [0.717, 1.165) is 16.8 Å². The van der Waals surface area contributed by atoms with Gasteiger partial charge in [0.25, 0.3) is 0 Å². The second kappa shape index (κ2) is 18.8. The van der Waals surface area contributed by atoms with E-state index in [1.165, 1.54) is 12.1 Å². The summed E-state index contributed by atoms with van der Waals surface area (Å²) in [5.74, 6) is 0. The van der Waals surface area contributed by atoms with E-state index >= 15 is 13.2 Å². The fourth-order valence-corrected chi connectivity index (χ4v) is 10.9. The number of hydrogen-bond acceptors (Lipinski definition) is 2. The van der Waals surface area contributed by atoms with E-state index < -0.39 is 17.3 Å². The zero-order valence-corrected chi connectivity index (χ0v) is 40.8. The summed E-state index contributed by atoms with van der Waals surface area (Å²) in [7, 11) is 0. The normalized spacial score (nSPS) is 11.2. The number of nitriles is 2. The van der Waals surface area contributed by atoms with Crippen LogP contribution >= 0.6 is 0 Å². The van der Waals surface area contributed by atoms with Gasteiger partial charge in [-0.2, -0.15) is 23.7 Å². The van der Waals surface area contributed by atoms with Crippen LogP contribution < -0.4 is 0 Å². The van der Waals surface area contributed by atoms with Crippen LogP contribution in [-0.4, -0.2) is 9.13 Å². The Morgan fingerprint density at radius 3 is 1.14 bits per heavy atom. The van der Waals surface area contributed by atoms with Crippen LogP contribution in [0.2, 0.25) is 0 Å². The first kappa shape index (κ1) is 47.5. The standard InChI is InChI=1S/C67H33F3N8/c1-73-56-20-10-7-16-47(56)41-25-29-51-50-28-24-40(46-15-6-5-14-44(46)38-71)32-61(50)77(62(51)33-41)60-37-54(66-55(67(68,69)70)19-13-23-59(66)76-4)65(36-45(60)39-72)78-63-34-42(48-17-8-11-21-57(48)74-2)26-30-52(63)53-31-27-43(35-64(53)78)49-18-9-12-22-58(49)75-3/h5-37H. The SMILES string of the molecule is [C-]#[N+]c1ccccc1-c1ccc2c3ccc(-c4ccccc4C#N)cc3n(-c3cc(-c4c([N+]#[C-])cccc4C(F)(F)F)c(-n4c5cc(-c6ccccc6[N+]#[C-])ccc5c5ccc(-c6ccccc6[N+]#[C-])cc54)cc3C#N)c2c1. The molecule has 2 aromatic heterocycles. The van der Waals surface area contributed by atoms with Crippen LogP contribution in [0.1, 0.15) is 16.7 Å². The van der Waals surface area contributed by atoms with E-state index in [2.05, 4.69) is 31.5 Å². The highest BCUT2D eigenvalue weighted by Gasteiger charge is 2.36. The lowest BCUT2D eigenvalue weighted by atomic mass is 9.93. The topological polar surface area (TPSA) is 74.9 Å². The van der Waals surface area contributed by atoms with E-state index in [1.807, 2.05) is 130 Å². The molecular weight excluding hydrogens is 974 g/mol. The van der Waals surface area contributed by atoms with Crippen LogP contribution in [0.15, 0.2) is 200 Å². The minimum Gasteiger partial charge on any atom is -0.309 e. The van der Waals surface area contributed by atoms with Crippen molar-refractivity contribution in [2.75, 3.05) is 0 Å². The summed E-state index contributed by atoms with van der Waals surface area (Å²) in [4.78, 5) is 15.1. The molecule has 0 saturated carbocycles. The van der Waals surface area contributed by atoms with Gasteiger partial charge in [-0.25, -0.2) is 19.4 Å². The molecule has 0 bridgehead atoms. The van der Waals surface area contributed by atoms with Crippen LogP contribution in [0.25, 0.3) is 130 Å². The van der Waals surface area contributed by atoms with Gasteiger partial charge in [0.1, 0.15) is 6.07 Å². The van der Waals surface area contributed by atoms with E-state index in [1.54, 1.807) is 60.7 Å². The third kappa shape index (κ3) is 7.65. The molecular formula is C67H33F3N8. The number of hydrogen-bond donors (Lipinski definition) is 0. The van der Waals surface area contributed by atoms with Gasteiger partial charge < -0.3 is 9.13 Å². The van der Waals surface area contributed by atoms with Gasteiger partial charge in [0.2, 0.25) is 0 Å². The van der Waals surface area contributed by atoms with E-state index in [4.69, 9.17) is 26.3 Å². The number of aromatic nitrogens is 2. The molecule has 362 valence electrons. The number of nitrogens with zero attached hydrogens (tertiary/aromatic N) is 8. The lowest BCUT2D eigenvalue weighted by Crippen LogP contribution is -2.10. The third-order valence-electron chi connectivity index (χ3n) is 14.4. The van der Waals surface area contributed by atoms with E-state index in [0.29, 0.717) is 100.0 Å². The van der Waals surface area contributed by atoms with Crippen LogP contribution in [0.3, 0.4) is 0 Å². The third-order valence-corrected chi connectivity index (χ3v) is 14.4. The van der Waals surface area contributed by atoms with Crippen LogP contribution in [-0.2, 0) is 6.18 Å². The molecule has 0 fully saturated rings. The molecule has 0 unspecified atom stereocenters. The summed E-state index contributed by atoms with van der Waals surface area (Å²) in [6, 6.07) is 62.9. The largest absolute Gasteiger partial charge is 0.415 e. The van der Waals surface area contributed by atoms with Crippen LogP contribution in [0, 0.1) is 49.0 Å². The van der Waals surface area contributed by atoms with Gasteiger partial charge in [-0.15, -0.1) is 0 Å². The molecule has 0 aliphatic carbocycles. The molecule has 12 aromatic rings. The summed E-state index contributed by atoms with van der Waals surface area (Å²) in [6.45, 7) is 32.5. The lowest BCUT2D eigenvalue weighted by Gasteiger charge is -2.22. The first-order chi connectivity index (χ1) is 38.1. The molecule has 12 rings (SSSR count). The molecule has 0 radical (unpaired) electrons. The zero-order valence-electron chi connectivity index (χ0n) is 40.8. The Morgan fingerprint density at radius 1 is 0.359 bits per heavy atom. The molecule has 2 heterocycles. The highest BCUT2D eigenvalue weighted by Crippen LogP contribution is 2.49. The predicted molar refractivity (Wildman–Crippen MR) is 302 cm³/mol. The van der Waals surface area contributed by atoms with Gasteiger partial charge in [-0.3, -0.25) is 0 Å². The molecule has 11 heteroatoms. The number of benzene rings is 10. The van der Waals surface area contributed by atoms with E-state index in [9.17, 15) is 10.5 Å². The van der Waals surface area contributed by atoms with Gasteiger partial charge in [0.05, 0.1) is 82.5 Å². The first-order valence-corrected chi connectivity index (χ1v) is 24.3. The first-order valence-electron chi connectivity index (χ1n) is 24.3. The van der Waals surface area contributed by atoms with Gasteiger partial charge >= 0.3 is 6.18 Å². The quantitative estimate of drug-likeness (QED) is 0.149. The Hall–Kier alpha value is -11.5. The summed E-state index contributed by atoms with van der Waals surface area (Å²) >= 11 is 0. The van der Waals surface area contributed by atoms with Crippen molar-refractivity contribution in [3.63, 3.8) is 0 Å². The molecule has 10 aromatic carbocycles. The molecule has 0 saturated heterocycles. The molecule has 0 aliphatic rings. The molecule has 8 nitrogen and oxygen atoms in total. The van der Waals surface area contributed by atoms with Gasteiger partial charge in [0.15, 0.2) is 22.7 Å². The fourth-order valence-electron chi connectivity index (χ4n) is 10.9. The zero-order chi connectivity index (χ0) is 53.8. The lowest BCUT2D eigenvalue weighted by molar-refractivity contribution is -0.137. The van der Waals surface area contributed by atoms with Gasteiger partial charge in [0, 0.05) is 27.1 Å². The van der Waals surface area contributed by atoms with Gasteiger partial charge in [-0.1, -0.05) is 158 Å². The summed E-state index contributed by atoms with van der Waals surface area (Å²) in [6.07, 6.45) is -4.96. The number of alkyl halides is 3. The second-order valence-corrected chi connectivity index (χ2v) is 18.5. The minimum atomic E-state index is -4.96. The Balaban J connectivity index is 1.27. The smallest absolute Gasteiger partial charge is 0.309 e. The number of rotatable bonds is 7. The number of halogens is 3. The van der Waals surface area contributed by atoms with Crippen LogP contribution in [0.4, 0.5) is 35.9 Å². The fraction of sp³-hybridized carbons (Fsp3) is 0.0149. The van der Waals surface area contributed by atoms with Crippen molar-refractivity contribution in [3.8, 4) is 79.1 Å². The molecule has 0 spiro atoms. The highest BCUT2D eigenvalue weighted by molar-refractivity contribution is 6.14. The Labute approximate surface area is 445 Å². The van der Waals surface area contributed by atoms with Crippen molar-refractivity contribution in [1.82, 2.24) is 9.13 Å². The molecule has 0 atom stereocenters. The van der Waals surface area contributed by atoms with Gasteiger partial charge in [-0.05, 0) is 92.5 Å². The molecule has 78 heavy (non-hydrogen) atoms. The Kier molecular flexibility index (Phi) is 11.4. The second-order valence-electron chi connectivity index (χ2n) is 18.5. The average Bonchev–Trinajstić information content (AvgIpc) is 4.19. The molecule has 0 N–H and O–H groups in total. The maximum absolute atomic E-state index is 15.9. The minimum absolute atomic E-state index is 0.0175.